The van der Waals surface area contributed by atoms with Gasteiger partial charge in [0.05, 0.1) is 0 Å². The first-order chi connectivity index (χ1) is 6.64. The molecule has 1 unspecified atom stereocenters. The Morgan fingerprint density at radius 2 is 1.87 bits per heavy atom. The fraction of sp³-hybridized carbons (Fsp3) is 0.900. The maximum Gasteiger partial charge on any atom is 0.159 e. The van der Waals surface area contributed by atoms with Crippen molar-refractivity contribution in [3.05, 3.63) is 0 Å². The molecule has 5 heteroatoms. The second-order valence-corrected chi connectivity index (χ2v) is 6.89. The van der Waals surface area contributed by atoms with Crippen LogP contribution in [-0.2, 0) is 19.4 Å². The van der Waals surface area contributed by atoms with E-state index in [4.69, 9.17) is 4.74 Å². The first kappa shape index (κ1) is 14.6. The van der Waals surface area contributed by atoms with E-state index in [-0.39, 0.29) is 11.7 Å². The van der Waals surface area contributed by atoms with Gasteiger partial charge in [0.1, 0.15) is 4.75 Å². The van der Waals surface area contributed by atoms with Crippen molar-refractivity contribution >= 4 is 15.6 Å². The lowest BCUT2D eigenvalue weighted by Gasteiger charge is -2.24. The largest absolute Gasteiger partial charge is 0.385 e. The van der Waals surface area contributed by atoms with Gasteiger partial charge < -0.3 is 4.74 Å². The van der Waals surface area contributed by atoms with Crippen molar-refractivity contribution in [2.45, 2.75) is 31.9 Å². The lowest BCUT2D eigenvalue weighted by Crippen LogP contribution is -2.43. The quantitative estimate of drug-likeness (QED) is 0.691. The Balaban J connectivity index is 4.71. The molecule has 1 atom stereocenters. The molecule has 0 N–H and O–H groups in total. The Kier molecular flexibility index (Phi) is 4.93. The lowest BCUT2D eigenvalue weighted by atomic mass is 9.94. The van der Waals surface area contributed by atoms with Crippen LogP contribution in [0.5, 0.6) is 0 Å². The lowest BCUT2D eigenvalue weighted by molar-refractivity contribution is -0.124. The summed E-state index contributed by atoms with van der Waals surface area (Å²) in [5, 5.41) is 0. The van der Waals surface area contributed by atoms with Crippen LogP contribution in [0.25, 0.3) is 0 Å². The molecular weight excluding hydrogens is 216 g/mol. The summed E-state index contributed by atoms with van der Waals surface area (Å²) in [5.74, 6) is -0.545. The molecule has 0 radical (unpaired) electrons. The van der Waals surface area contributed by atoms with Crippen molar-refractivity contribution in [3.8, 4) is 0 Å². The van der Waals surface area contributed by atoms with Crippen LogP contribution < -0.4 is 0 Å². The fourth-order valence-corrected chi connectivity index (χ4v) is 1.77. The highest BCUT2D eigenvalue weighted by Gasteiger charge is 2.40. The maximum absolute atomic E-state index is 11.9. The van der Waals surface area contributed by atoms with Crippen LogP contribution in [0.15, 0.2) is 0 Å². The van der Waals surface area contributed by atoms with Crippen molar-refractivity contribution in [1.82, 2.24) is 0 Å². The third-order valence-electron chi connectivity index (χ3n) is 2.72. The number of carbonyl (C=O) groups is 1. The van der Waals surface area contributed by atoms with Crippen LogP contribution in [0.4, 0.5) is 0 Å². The minimum absolute atomic E-state index is 0.248. The molecule has 0 aromatic heterocycles. The summed E-state index contributed by atoms with van der Waals surface area (Å²) in [6.07, 6.45) is 1.64. The molecule has 0 spiro atoms. The highest BCUT2D eigenvalue weighted by Crippen LogP contribution is 2.22. The third kappa shape index (κ3) is 3.57. The number of hydrogen-bond donors (Lipinski definition) is 0. The zero-order valence-electron chi connectivity index (χ0n) is 10.0. The minimum Gasteiger partial charge on any atom is -0.385 e. The SMILES string of the molecule is COCCC(C)C(=O)C(C)(C)S(C)(=O)=O. The van der Waals surface area contributed by atoms with Crippen LogP contribution in [0.2, 0.25) is 0 Å². The van der Waals surface area contributed by atoms with Crippen LogP contribution in [-0.4, -0.2) is 38.9 Å². The molecular formula is C10H20O4S. The molecule has 0 aromatic carbocycles. The normalized spacial score (nSPS) is 15.0. The predicted molar refractivity (Wildman–Crippen MR) is 59.6 cm³/mol. The molecule has 0 rings (SSSR count). The summed E-state index contributed by atoms with van der Waals surface area (Å²) >= 11 is 0. The molecule has 0 aliphatic carbocycles. The van der Waals surface area contributed by atoms with Crippen molar-refractivity contribution < 1.29 is 17.9 Å². The van der Waals surface area contributed by atoms with E-state index in [1.165, 1.54) is 13.8 Å². The summed E-state index contributed by atoms with van der Waals surface area (Å²) in [7, 11) is -1.81. The summed E-state index contributed by atoms with van der Waals surface area (Å²) in [6, 6.07) is 0. The molecule has 15 heavy (non-hydrogen) atoms. The summed E-state index contributed by atoms with van der Waals surface area (Å²) in [4.78, 5) is 11.9. The second kappa shape index (κ2) is 5.07. The van der Waals surface area contributed by atoms with Gasteiger partial charge in [-0.3, -0.25) is 4.79 Å². The molecule has 0 aliphatic heterocycles. The van der Waals surface area contributed by atoms with Crippen LogP contribution in [0.3, 0.4) is 0 Å². The summed E-state index contributed by atoms with van der Waals surface area (Å²) in [5.41, 5.74) is 0. The highest BCUT2D eigenvalue weighted by atomic mass is 32.2. The molecule has 0 bridgehead atoms. The van der Waals surface area contributed by atoms with Gasteiger partial charge in [-0.1, -0.05) is 6.92 Å². The van der Waals surface area contributed by atoms with Crippen molar-refractivity contribution in [3.63, 3.8) is 0 Å². The zero-order valence-corrected chi connectivity index (χ0v) is 10.8. The number of ketones is 1. The van der Waals surface area contributed by atoms with Gasteiger partial charge >= 0.3 is 0 Å². The predicted octanol–water partition coefficient (Wildman–Crippen LogP) is 1.05. The van der Waals surface area contributed by atoms with Gasteiger partial charge in [-0.05, 0) is 20.3 Å². The van der Waals surface area contributed by atoms with Crippen molar-refractivity contribution in [1.29, 1.82) is 0 Å². The average molecular weight is 236 g/mol. The number of sulfone groups is 1. The first-order valence-corrected chi connectivity index (χ1v) is 6.76. The summed E-state index contributed by atoms with van der Waals surface area (Å²) < 4.78 is 26.4. The van der Waals surface area contributed by atoms with Gasteiger partial charge in [-0.25, -0.2) is 8.42 Å². The molecule has 0 amide bonds. The van der Waals surface area contributed by atoms with Crippen LogP contribution >= 0.6 is 0 Å². The highest BCUT2D eigenvalue weighted by molar-refractivity contribution is 7.92. The minimum atomic E-state index is -3.36. The number of hydrogen-bond acceptors (Lipinski definition) is 4. The van der Waals surface area contributed by atoms with Gasteiger partial charge in [0, 0.05) is 25.9 Å². The smallest absolute Gasteiger partial charge is 0.159 e. The zero-order chi connectivity index (χ0) is 12.3. The van der Waals surface area contributed by atoms with E-state index in [0.29, 0.717) is 13.0 Å². The van der Waals surface area contributed by atoms with E-state index < -0.39 is 14.6 Å². The molecule has 0 saturated heterocycles. The van der Waals surface area contributed by atoms with E-state index in [1.54, 1.807) is 14.0 Å². The maximum atomic E-state index is 11.9. The number of ether oxygens (including phenoxy) is 1. The van der Waals surface area contributed by atoms with Gasteiger partial charge in [0.2, 0.25) is 0 Å². The van der Waals surface area contributed by atoms with E-state index >= 15 is 0 Å². The Morgan fingerprint density at radius 3 is 2.20 bits per heavy atom. The van der Waals surface area contributed by atoms with Gasteiger partial charge in [-0.2, -0.15) is 0 Å². The molecule has 0 aliphatic rings. The number of rotatable bonds is 6. The Labute approximate surface area is 91.9 Å². The monoisotopic (exact) mass is 236 g/mol. The van der Waals surface area contributed by atoms with Gasteiger partial charge in [-0.15, -0.1) is 0 Å². The van der Waals surface area contributed by atoms with Crippen LogP contribution in [0, 0.1) is 5.92 Å². The second-order valence-electron chi connectivity index (χ2n) is 4.33. The number of methoxy groups -OCH3 is 1. The molecule has 0 heterocycles. The number of Topliss-reactive ketones (excluding diaryl/α,β-unsaturated/α-hetero) is 1. The standard InChI is InChI=1S/C10H20O4S/c1-8(6-7-14-4)9(11)10(2,3)15(5,12)13/h8H,6-7H2,1-5H3. The Hall–Kier alpha value is -0.420. The van der Waals surface area contributed by atoms with Crippen molar-refractivity contribution in [2.24, 2.45) is 5.92 Å². The molecule has 0 saturated carbocycles. The Bertz CT molecular complexity index is 316. The van der Waals surface area contributed by atoms with E-state index in [2.05, 4.69) is 0 Å². The third-order valence-corrected chi connectivity index (χ3v) is 4.78. The van der Waals surface area contributed by atoms with E-state index in [9.17, 15) is 13.2 Å². The van der Waals surface area contributed by atoms with E-state index in [1.807, 2.05) is 0 Å². The number of carbonyl (C=O) groups excluding carboxylic acids is 1. The Morgan fingerprint density at radius 1 is 1.40 bits per heavy atom. The molecule has 0 aromatic rings. The topological polar surface area (TPSA) is 60.4 Å². The molecule has 90 valence electrons. The molecule has 0 fully saturated rings. The first-order valence-electron chi connectivity index (χ1n) is 4.87. The van der Waals surface area contributed by atoms with Gasteiger partial charge in [0.25, 0.3) is 0 Å². The van der Waals surface area contributed by atoms with Crippen molar-refractivity contribution in [2.75, 3.05) is 20.0 Å². The van der Waals surface area contributed by atoms with E-state index in [0.717, 1.165) is 6.26 Å². The summed E-state index contributed by atoms with van der Waals surface area (Å²) in [6.45, 7) is 5.10. The fourth-order valence-electron chi connectivity index (χ4n) is 1.20. The average Bonchev–Trinajstić information content (AvgIpc) is 2.10. The molecule has 4 nitrogen and oxygen atoms in total. The van der Waals surface area contributed by atoms with Gasteiger partial charge in [0.15, 0.2) is 15.6 Å². The van der Waals surface area contributed by atoms with Crippen LogP contribution in [0.1, 0.15) is 27.2 Å².